The summed E-state index contributed by atoms with van der Waals surface area (Å²) in [5.74, 6) is -0.417. The van der Waals surface area contributed by atoms with Crippen molar-refractivity contribution in [3.05, 3.63) is 69.5 Å². The maximum atomic E-state index is 13.7. The molecule has 102 valence electrons. The van der Waals surface area contributed by atoms with Crippen LogP contribution in [0.15, 0.2) is 36.4 Å². The van der Waals surface area contributed by atoms with Crippen molar-refractivity contribution in [3.8, 4) is 0 Å². The van der Waals surface area contributed by atoms with Crippen LogP contribution >= 0.6 is 34.8 Å². The third-order valence-electron chi connectivity index (χ3n) is 4.50. The zero-order valence-corrected chi connectivity index (χ0v) is 12.7. The Bertz CT molecular complexity index is 742. The molecule has 2 aliphatic carbocycles. The van der Waals surface area contributed by atoms with Crippen LogP contribution < -0.4 is 0 Å². The summed E-state index contributed by atoms with van der Waals surface area (Å²) in [6, 6.07) is 11.1. The Morgan fingerprint density at radius 3 is 2.50 bits per heavy atom. The lowest BCUT2D eigenvalue weighted by molar-refractivity contribution is 0.545. The van der Waals surface area contributed by atoms with Crippen molar-refractivity contribution in [2.45, 2.75) is 22.6 Å². The third kappa shape index (κ3) is 1.34. The molecule has 0 spiro atoms. The van der Waals surface area contributed by atoms with Crippen LogP contribution in [0.1, 0.15) is 22.3 Å². The molecule has 2 aromatic rings. The summed E-state index contributed by atoms with van der Waals surface area (Å²) in [6.45, 7) is 0. The highest BCUT2D eigenvalue weighted by Crippen LogP contribution is 2.63. The fourth-order valence-corrected chi connectivity index (χ4v) is 4.82. The van der Waals surface area contributed by atoms with Gasteiger partial charge in [0.15, 0.2) is 0 Å². The van der Waals surface area contributed by atoms with Gasteiger partial charge in [0.25, 0.3) is 0 Å². The van der Waals surface area contributed by atoms with E-state index in [-0.39, 0.29) is 5.02 Å². The number of fused-ring (bicyclic) bond motifs is 5. The molecule has 0 aliphatic heterocycles. The van der Waals surface area contributed by atoms with Crippen molar-refractivity contribution in [3.63, 3.8) is 0 Å². The lowest BCUT2D eigenvalue weighted by Gasteiger charge is -2.31. The molecule has 2 atom stereocenters. The SMILES string of the molecule is Fc1ccc2c(c1Cl)CC1(Cl)Cc3ccccc3C21Cl. The van der Waals surface area contributed by atoms with Gasteiger partial charge in [0.05, 0.1) is 9.90 Å². The Balaban J connectivity index is 2.06. The molecule has 4 heteroatoms. The van der Waals surface area contributed by atoms with Crippen LogP contribution in [0.3, 0.4) is 0 Å². The first kappa shape index (κ1) is 12.9. The number of rotatable bonds is 0. The van der Waals surface area contributed by atoms with Crippen LogP contribution in [0.2, 0.25) is 5.02 Å². The summed E-state index contributed by atoms with van der Waals surface area (Å²) in [4.78, 5) is -1.49. The first-order chi connectivity index (χ1) is 9.47. The zero-order chi connectivity index (χ0) is 14.1. The van der Waals surface area contributed by atoms with Gasteiger partial charge in [0.2, 0.25) is 0 Å². The largest absolute Gasteiger partial charge is 0.205 e. The first-order valence-corrected chi connectivity index (χ1v) is 7.54. The fraction of sp³-hybridized carbons (Fsp3) is 0.250. The molecule has 0 amide bonds. The second-order valence-corrected chi connectivity index (χ2v) is 7.19. The monoisotopic (exact) mass is 326 g/mol. The molecule has 4 rings (SSSR count). The van der Waals surface area contributed by atoms with Gasteiger partial charge in [-0.25, -0.2) is 4.39 Å². The van der Waals surface area contributed by atoms with E-state index in [2.05, 4.69) is 0 Å². The number of benzene rings is 2. The molecule has 2 aromatic carbocycles. The molecule has 0 fully saturated rings. The highest BCUT2D eigenvalue weighted by Gasteiger charge is 2.62. The van der Waals surface area contributed by atoms with Crippen LogP contribution in [0.5, 0.6) is 0 Å². The van der Waals surface area contributed by atoms with Crippen molar-refractivity contribution in [2.24, 2.45) is 0 Å². The van der Waals surface area contributed by atoms with Crippen molar-refractivity contribution in [2.75, 3.05) is 0 Å². The third-order valence-corrected chi connectivity index (χ3v) is 6.33. The number of hydrogen-bond acceptors (Lipinski definition) is 0. The van der Waals surface area contributed by atoms with Crippen LogP contribution in [0, 0.1) is 5.82 Å². The van der Waals surface area contributed by atoms with E-state index in [4.69, 9.17) is 34.8 Å². The number of alkyl halides is 2. The summed E-state index contributed by atoms with van der Waals surface area (Å²) in [5.41, 5.74) is 3.75. The fourth-order valence-electron chi connectivity index (χ4n) is 3.61. The van der Waals surface area contributed by atoms with E-state index in [1.54, 1.807) is 6.07 Å². The van der Waals surface area contributed by atoms with E-state index in [9.17, 15) is 4.39 Å². The minimum atomic E-state index is -0.822. The smallest absolute Gasteiger partial charge is 0.142 e. The van der Waals surface area contributed by atoms with Crippen LogP contribution in [0.4, 0.5) is 4.39 Å². The van der Waals surface area contributed by atoms with Crippen LogP contribution in [-0.2, 0) is 17.7 Å². The maximum absolute atomic E-state index is 13.7. The second-order valence-electron chi connectivity index (χ2n) is 5.52. The molecule has 0 aromatic heterocycles. The van der Waals surface area contributed by atoms with E-state index in [1.807, 2.05) is 24.3 Å². The summed E-state index contributed by atoms with van der Waals surface area (Å²) in [6.07, 6.45) is 1.15. The average molecular weight is 328 g/mol. The lowest BCUT2D eigenvalue weighted by atomic mass is 9.90. The molecule has 0 nitrogen and oxygen atoms in total. The molecule has 0 radical (unpaired) electrons. The van der Waals surface area contributed by atoms with E-state index in [0.717, 1.165) is 22.3 Å². The Morgan fingerprint density at radius 1 is 0.950 bits per heavy atom. The van der Waals surface area contributed by atoms with E-state index in [0.29, 0.717) is 12.8 Å². The van der Waals surface area contributed by atoms with Gasteiger partial charge in [0, 0.05) is 0 Å². The Kier molecular flexibility index (Phi) is 2.53. The summed E-state index contributed by atoms with van der Waals surface area (Å²) in [5, 5.41) is 0.148. The topological polar surface area (TPSA) is 0 Å². The highest BCUT2D eigenvalue weighted by molar-refractivity contribution is 6.39. The summed E-state index contributed by atoms with van der Waals surface area (Å²) in [7, 11) is 0. The molecule has 0 heterocycles. The molecule has 0 bridgehead atoms. The minimum Gasteiger partial charge on any atom is -0.205 e. The Labute approximate surface area is 131 Å². The minimum absolute atomic E-state index is 0.148. The van der Waals surface area contributed by atoms with Gasteiger partial charge in [-0.2, -0.15) is 0 Å². The molecule has 0 saturated carbocycles. The van der Waals surface area contributed by atoms with Gasteiger partial charge < -0.3 is 0 Å². The molecule has 0 N–H and O–H groups in total. The van der Waals surface area contributed by atoms with Crippen LogP contribution in [-0.4, -0.2) is 4.87 Å². The van der Waals surface area contributed by atoms with Crippen molar-refractivity contribution in [1.29, 1.82) is 0 Å². The van der Waals surface area contributed by atoms with Crippen molar-refractivity contribution >= 4 is 34.8 Å². The first-order valence-electron chi connectivity index (χ1n) is 6.41. The average Bonchev–Trinajstić information content (AvgIpc) is 2.78. The predicted molar refractivity (Wildman–Crippen MR) is 80.5 cm³/mol. The lowest BCUT2D eigenvalue weighted by Crippen LogP contribution is -2.37. The van der Waals surface area contributed by atoms with Crippen LogP contribution in [0.25, 0.3) is 0 Å². The summed E-state index contributed by atoms with van der Waals surface area (Å²) >= 11 is 19.9. The molecule has 0 saturated heterocycles. The molecule has 2 unspecified atom stereocenters. The van der Waals surface area contributed by atoms with Gasteiger partial charge in [-0.15, -0.1) is 23.2 Å². The Morgan fingerprint density at radius 2 is 1.70 bits per heavy atom. The van der Waals surface area contributed by atoms with Crippen molar-refractivity contribution in [1.82, 2.24) is 0 Å². The predicted octanol–water partition coefficient (Wildman–Crippen LogP) is 5.05. The standard InChI is InChI=1S/C16H10Cl3F/c17-14-10-8-15(18)7-9-3-1-2-4-11(9)16(15,19)12(10)5-6-13(14)20/h1-6H,7-8H2. The number of halogens is 4. The summed E-state index contributed by atoms with van der Waals surface area (Å²) < 4.78 is 13.7. The molecular weight excluding hydrogens is 318 g/mol. The molecule has 20 heavy (non-hydrogen) atoms. The van der Waals surface area contributed by atoms with E-state index in [1.165, 1.54) is 6.07 Å². The maximum Gasteiger partial charge on any atom is 0.142 e. The zero-order valence-electron chi connectivity index (χ0n) is 10.4. The van der Waals surface area contributed by atoms with Gasteiger partial charge in [0.1, 0.15) is 10.7 Å². The normalized spacial score (nSPS) is 30.0. The Hall–Kier alpha value is -0.760. The molecule has 2 aliphatic rings. The quantitative estimate of drug-likeness (QED) is 0.594. The van der Waals surface area contributed by atoms with Gasteiger partial charge in [-0.1, -0.05) is 41.9 Å². The van der Waals surface area contributed by atoms with Gasteiger partial charge in [-0.05, 0) is 41.2 Å². The highest BCUT2D eigenvalue weighted by atomic mass is 35.5. The number of hydrogen-bond donors (Lipinski definition) is 0. The van der Waals surface area contributed by atoms with E-state index >= 15 is 0 Å². The van der Waals surface area contributed by atoms with Crippen molar-refractivity contribution < 1.29 is 4.39 Å². The van der Waals surface area contributed by atoms with E-state index < -0.39 is 15.6 Å². The second kappa shape index (κ2) is 3.91. The van der Waals surface area contributed by atoms with Gasteiger partial charge in [-0.3, -0.25) is 0 Å². The molecular formula is C16H10Cl3F. The van der Waals surface area contributed by atoms with Gasteiger partial charge >= 0.3 is 0 Å².